The maximum Gasteiger partial charge on any atom is 0.432 e. The SMILES string of the molecule is CC(c1ccccc1)N(CC1CCC1)C(=O)c1cc(C(F)(F)F)[nH]n1. The minimum absolute atomic E-state index is 0.200. The second kappa shape index (κ2) is 6.90. The summed E-state index contributed by atoms with van der Waals surface area (Å²) < 4.78 is 38.3. The van der Waals surface area contributed by atoms with Crippen molar-refractivity contribution >= 4 is 5.91 Å². The van der Waals surface area contributed by atoms with Crippen molar-refractivity contribution < 1.29 is 18.0 Å². The molecule has 2 aromatic rings. The van der Waals surface area contributed by atoms with Crippen LogP contribution in [0.4, 0.5) is 13.2 Å². The van der Waals surface area contributed by atoms with Crippen molar-refractivity contribution in [2.45, 2.75) is 38.4 Å². The molecule has 1 aromatic heterocycles. The average molecular weight is 351 g/mol. The highest BCUT2D eigenvalue weighted by atomic mass is 19.4. The molecular formula is C18H20F3N3O. The highest BCUT2D eigenvalue weighted by Gasteiger charge is 2.35. The van der Waals surface area contributed by atoms with Gasteiger partial charge in [-0.3, -0.25) is 9.89 Å². The summed E-state index contributed by atoms with van der Waals surface area (Å²) in [7, 11) is 0. The molecule has 1 saturated carbocycles. The summed E-state index contributed by atoms with van der Waals surface area (Å²) in [5.74, 6) is -0.0776. The average Bonchev–Trinajstić information content (AvgIpc) is 3.04. The van der Waals surface area contributed by atoms with Gasteiger partial charge in [0.25, 0.3) is 5.91 Å². The number of carbonyl (C=O) groups is 1. The number of nitrogens with one attached hydrogen (secondary N) is 1. The number of nitrogens with zero attached hydrogens (tertiary/aromatic N) is 2. The Morgan fingerprint density at radius 2 is 2.00 bits per heavy atom. The Morgan fingerprint density at radius 3 is 2.52 bits per heavy atom. The molecule has 1 atom stereocenters. The third kappa shape index (κ3) is 3.86. The van der Waals surface area contributed by atoms with Crippen LogP contribution in [-0.2, 0) is 6.18 Å². The summed E-state index contributed by atoms with van der Waals surface area (Å²) in [6.07, 6.45) is -1.33. The Balaban J connectivity index is 1.85. The van der Waals surface area contributed by atoms with Gasteiger partial charge in [0.2, 0.25) is 0 Å². The number of aromatic nitrogens is 2. The van der Waals surface area contributed by atoms with E-state index in [4.69, 9.17) is 0 Å². The van der Waals surface area contributed by atoms with E-state index in [9.17, 15) is 18.0 Å². The van der Waals surface area contributed by atoms with Crippen molar-refractivity contribution in [1.82, 2.24) is 15.1 Å². The Bertz CT molecular complexity index is 723. The van der Waals surface area contributed by atoms with Crippen LogP contribution < -0.4 is 0 Å². The first-order valence-corrected chi connectivity index (χ1v) is 8.35. The summed E-state index contributed by atoms with van der Waals surface area (Å²) >= 11 is 0. The van der Waals surface area contributed by atoms with Crippen LogP contribution in [0, 0.1) is 5.92 Å². The number of aromatic amines is 1. The molecule has 1 fully saturated rings. The predicted octanol–water partition coefficient (Wildman–Crippen LogP) is 4.43. The van der Waals surface area contributed by atoms with E-state index in [1.165, 1.54) is 0 Å². The van der Waals surface area contributed by atoms with E-state index in [0.717, 1.165) is 30.9 Å². The number of hydrogen-bond donors (Lipinski definition) is 1. The standard InChI is InChI=1S/C18H20F3N3O/c1-12(14-8-3-2-4-9-14)24(11-13-6-5-7-13)17(25)15-10-16(23-22-15)18(19,20)21/h2-4,8-10,12-13H,5-7,11H2,1H3,(H,22,23). The van der Waals surface area contributed by atoms with Crippen LogP contribution in [-0.4, -0.2) is 27.5 Å². The fourth-order valence-electron chi connectivity index (χ4n) is 3.01. The first-order valence-electron chi connectivity index (χ1n) is 8.35. The quantitative estimate of drug-likeness (QED) is 0.866. The number of amides is 1. The maximum absolute atomic E-state index is 12.9. The molecule has 0 saturated heterocycles. The van der Waals surface area contributed by atoms with Gasteiger partial charge >= 0.3 is 6.18 Å². The van der Waals surface area contributed by atoms with Gasteiger partial charge in [-0.25, -0.2) is 0 Å². The van der Waals surface area contributed by atoms with Gasteiger partial charge in [0.15, 0.2) is 5.69 Å². The van der Waals surface area contributed by atoms with E-state index >= 15 is 0 Å². The minimum Gasteiger partial charge on any atom is -0.330 e. The van der Waals surface area contributed by atoms with E-state index in [0.29, 0.717) is 12.5 Å². The zero-order valence-electron chi connectivity index (χ0n) is 13.9. The number of H-pyrrole nitrogens is 1. The first-order chi connectivity index (χ1) is 11.9. The molecule has 1 aliphatic carbocycles. The summed E-state index contributed by atoms with van der Waals surface area (Å²) in [6, 6.07) is 10.0. The van der Waals surface area contributed by atoms with E-state index in [1.807, 2.05) is 42.4 Å². The normalized spacial score (nSPS) is 16.3. The van der Waals surface area contributed by atoms with Crippen LogP contribution in [0.15, 0.2) is 36.4 Å². The number of carbonyl (C=O) groups excluding carboxylic acids is 1. The van der Waals surface area contributed by atoms with Crippen LogP contribution in [0.3, 0.4) is 0 Å². The van der Waals surface area contributed by atoms with Crippen molar-refractivity contribution in [3.63, 3.8) is 0 Å². The maximum atomic E-state index is 12.9. The van der Waals surface area contributed by atoms with Gasteiger partial charge in [-0.2, -0.15) is 18.3 Å². The second-order valence-electron chi connectivity index (χ2n) is 6.51. The lowest BCUT2D eigenvalue weighted by atomic mass is 9.84. The fraction of sp³-hybridized carbons (Fsp3) is 0.444. The number of rotatable bonds is 5. The van der Waals surface area contributed by atoms with Gasteiger partial charge in [0.1, 0.15) is 5.69 Å². The monoisotopic (exact) mass is 351 g/mol. The fourth-order valence-corrected chi connectivity index (χ4v) is 3.01. The highest BCUT2D eigenvalue weighted by molar-refractivity contribution is 5.92. The molecule has 4 nitrogen and oxygen atoms in total. The Morgan fingerprint density at radius 1 is 1.32 bits per heavy atom. The highest BCUT2D eigenvalue weighted by Crippen LogP contribution is 2.32. The summed E-state index contributed by atoms with van der Waals surface area (Å²) in [5, 5.41) is 5.51. The number of alkyl halides is 3. The van der Waals surface area contributed by atoms with E-state index < -0.39 is 17.8 Å². The molecule has 3 rings (SSSR count). The molecule has 1 unspecified atom stereocenters. The Kier molecular flexibility index (Phi) is 4.83. The lowest BCUT2D eigenvalue weighted by molar-refractivity contribution is -0.141. The molecule has 25 heavy (non-hydrogen) atoms. The molecule has 1 N–H and O–H groups in total. The van der Waals surface area contributed by atoms with Crippen molar-refractivity contribution in [1.29, 1.82) is 0 Å². The molecule has 0 radical (unpaired) electrons. The molecular weight excluding hydrogens is 331 g/mol. The topological polar surface area (TPSA) is 49.0 Å². The van der Waals surface area contributed by atoms with Gasteiger partial charge in [0, 0.05) is 12.6 Å². The molecule has 0 spiro atoms. The lowest BCUT2D eigenvalue weighted by Gasteiger charge is -2.36. The van der Waals surface area contributed by atoms with Crippen molar-refractivity contribution in [3.8, 4) is 0 Å². The third-order valence-electron chi connectivity index (χ3n) is 4.79. The minimum atomic E-state index is -4.55. The van der Waals surface area contributed by atoms with E-state index in [2.05, 4.69) is 5.10 Å². The van der Waals surface area contributed by atoms with Crippen LogP contribution in [0.5, 0.6) is 0 Å². The zero-order valence-corrected chi connectivity index (χ0v) is 13.9. The summed E-state index contributed by atoms with van der Waals surface area (Å²) in [5.41, 5.74) is -0.261. The van der Waals surface area contributed by atoms with Gasteiger partial charge in [0.05, 0.1) is 6.04 Å². The molecule has 1 aromatic carbocycles. The molecule has 1 heterocycles. The first kappa shape index (κ1) is 17.5. The lowest BCUT2D eigenvalue weighted by Crippen LogP contribution is -2.39. The van der Waals surface area contributed by atoms with Crippen LogP contribution in [0.2, 0.25) is 0 Å². The van der Waals surface area contributed by atoms with Crippen LogP contribution in [0.25, 0.3) is 0 Å². The second-order valence-corrected chi connectivity index (χ2v) is 6.51. The van der Waals surface area contributed by atoms with E-state index in [1.54, 1.807) is 4.90 Å². The number of benzene rings is 1. The molecule has 0 bridgehead atoms. The largest absolute Gasteiger partial charge is 0.432 e. The Labute approximate surface area is 144 Å². The van der Waals surface area contributed by atoms with Gasteiger partial charge in [-0.15, -0.1) is 0 Å². The van der Waals surface area contributed by atoms with Crippen LogP contribution >= 0.6 is 0 Å². The number of halogens is 3. The predicted molar refractivity (Wildman–Crippen MR) is 86.8 cm³/mol. The van der Waals surface area contributed by atoms with Crippen molar-refractivity contribution in [2.24, 2.45) is 5.92 Å². The van der Waals surface area contributed by atoms with Gasteiger partial charge < -0.3 is 4.90 Å². The van der Waals surface area contributed by atoms with Gasteiger partial charge in [-0.1, -0.05) is 36.8 Å². The van der Waals surface area contributed by atoms with Crippen molar-refractivity contribution in [2.75, 3.05) is 6.54 Å². The van der Waals surface area contributed by atoms with Gasteiger partial charge in [-0.05, 0) is 31.2 Å². The Hall–Kier alpha value is -2.31. The van der Waals surface area contributed by atoms with E-state index in [-0.39, 0.29) is 11.7 Å². The number of hydrogen-bond acceptors (Lipinski definition) is 2. The van der Waals surface area contributed by atoms with Crippen LogP contribution in [0.1, 0.15) is 54.0 Å². The molecule has 0 aliphatic heterocycles. The summed E-state index contributed by atoms with van der Waals surface area (Å²) in [4.78, 5) is 14.5. The molecule has 134 valence electrons. The van der Waals surface area contributed by atoms with Crippen molar-refractivity contribution in [3.05, 3.63) is 53.3 Å². The molecule has 1 amide bonds. The molecule has 7 heteroatoms. The third-order valence-corrected chi connectivity index (χ3v) is 4.79. The molecule has 1 aliphatic rings. The zero-order chi connectivity index (χ0) is 18.0. The smallest absolute Gasteiger partial charge is 0.330 e. The summed E-state index contributed by atoms with van der Waals surface area (Å²) in [6.45, 7) is 2.42.